The van der Waals surface area contributed by atoms with E-state index in [1.807, 2.05) is 26.0 Å². The van der Waals surface area contributed by atoms with Crippen LogP contribution in [0.2, 0.25) is 0 Å². The molecule has 0 saturated heterocycles. The quantitative estimate of drug-likeness (QED) is 0.868. The second-order valence-corrected chi connectivity index (χ2v) is 5.68. The molecule has 1 aromatic carbocycles. The van der Waals surface area contributed by atoms with E-state index in [9.17, 15) is 4.79 Å². The van der Waals surface area contributed by atoms with E-state index < -0.39 is 0 Å². The summed E-state index contributed by atoms with van der Waals surface area (Å²) in [5.74, 6) is 0.0228. The highest BCUT2D eigenvalue weighted by Crippen LogP contribution is 2.16. The SMILES string of the molecule is CNCC(=O)NC(C)(C)Cc1ccc(Br)cc1.Cl. The van der Waals surface area contributed by atoms with Gasteiger partial charge in [0.05, 0.1) is 6.54 Å². The smallest absolute Gasteiger partial charge is 0.234 e. The number of halogens is 2. The Balaban J connectivity index is 0.00000289. The first kappa shape index (κ1) is 17.4. The molecule has 5 heteroatoms. The first-order chi connectivity index (χ1) is 7.93. The van der Waals surface area contributed by atoms with Gasteiger partial charge in [-0.1, -0.05) is 28.1 Å². The van der Waals surface area contributed by atoms with Crippen LogP contribution < -0.4 is 10.6 Å². The summed E-state index contributed by atoms with van der Waals surface area (Å²) < 4.78 is 1.07. The molecule has 102 valence electrons. The molecule has 2 N–H and O–H groups in total. The molecule has 0 aromatic heterocycles. The predicted molar refractivity (Wildman–Crippen MR) is 81.2 cm³/mol. The molecule has 0 spiro atoms. The van der Waals surface area contributed by atoms with Crippen LogP contribution in [0.4, 0.5) is 0 Å². The highest BCUT2D eigenvalue weighted by molar-refractivity contribution is 9.10. The Hall–Kier alpha value is -0.580. The minimum absolute atomic E-state index is 0. The molecule has 1 aromatic rings. The minimum Gasteiger partial charge on any atom is -0.350 e. The summed E-state index contributed by atoms with van der Waals surface area (Å²) in [5.41, 5.74) is 0.977. The van der Waals surface area contributed by atoms with Gasteiger partial charge >= 0.3 is 0 Å². The Morgan fingerprint density at radius 3 is 2.33 bits per heavy atom. The van der Waals surface area contributed by atoms with Crippen LogP contribution in [-0.2, 0) is 11.2 Å². The summed E-state index contributed by atoms with van der Waals surface area (Å²) in [6, 6.07) is 8.16. The van der Waals surface area contributed by atoms with Crippen LogP contribution in [-0.4, -0.2) is 25.0 Å². The predicted octanol–water partition coefficient (Wildman–Crippen LogP) is 2.53. The van der Waals surface area contributed by atoms with Crippen LogP contribution in [0.1, 0.15) is 19.4 Å². The second-order valence-electron chi connectivity index (χ2n) is 4.77. The fourth-order valence-electron chi connectivity index (χ4n) is 1.74. The maximum atomic E-state index is 11.5. The Morgan fingerprint density at radius 1 is 1.28 bits per heavy atom. The second kappa shape index (κ2) is 7.77. The highest BCUT2D eigenvalue weighted by Gasteiger charge is 2.20. The first-order valence-electron chi connectivity index (χ1n) is 5.63. The van der Waals surface area contributed by atoms with Crippen molar-refractivity contribution in [2.75, 3.05) is 13.6 Å². The van der Waals surface area contributed by atoms with E-state index in [0.717, 1.165) is 10.9 Å². The summed E-state index contributed by atoms with van der Waals surface area (Å²) >= 11 is 3.41. The van der Waals surface area contributed by atoms with Gasteiger partial charge in [-0.3, -0.25) is 4.79 Å². The van der Waals surface area contributed by atoms with Crippen LogP contribution >= 0.6 is 28.3 Å². The number of hydrogen-bond acceptors (Lipinski definition) is 2. The summed E-state index contributed by atoms with van der Waals surface area (Å²) in [6.45, 7) is 4.41. The molecular formula is C13H20BrClN2O. The zero-order valence-corrected chi connectivity index (χ0v) is 13.3. The maximum absolute atomic E-state index is 11.5. The van der Waals surface area contributed by atoms with Gasteiger partial charge in [0.15, 0.2) is 0 Å². The molecule has 3 nitrogen and oxygen atoms in total. The van der Waals surface area contributed by atoms with Crippen molar-refractivity contribution in [3.05, 3.63) is 34.3 Å². The minimum atomic E-state index is -0.234. The molecule has 1 amide bonds. The van der Waals surface area contributed by atoms with Crippen molar-refractivity contribution in [3.8, 4) is 0 Å². The van der Waals surface area contributed by atoms with E-state index >= 15 is 0 Å². The van der Waals surface area contributed by atoms with Crippen LogP contribution in [0.5, 0.6) is 0 Å². The fraction of sp³-hybridized carbons (Fsp3) is 0.462. The molecule has 0 unspecified atom stereocenters. The van der Waals surface area contributed by atoms with E-state index in [2.05, 4.69) is 38.7 Å². The van der Waals surface area contributed by atoms with Gasteiger partial charge in [0.25, 0.3) is 0 Å². The van der Waals surface area contributed by atoms with Crippen molar-refractivity contribution in [2.24, 2.45) is 0 Å². The zero-order valence-electron chi connectivity index (χ0n) is 10.9. The van der Waals surface area contributed by atoms with E-state index in [-0.39, 0.29) is 23.9 Å². The average molecular weight is 336 g/mol. The number of carbonyl (C=O) groups is 1. The van der Waals surface area contributed by atoms with Gasteiger partial charge in [0, 0.05) is 10.0 Å². The normalized spacial score (nSPS) is 10.7. The number of amides is 1. The molecular weight excluding hydrogens is 316 g/mol. The molecule has 0 fully saturated rings. The van der Waals surface area contributed by atoms with E-state index in [4.69, 9.17) is 0 Å². The molecule has 0 saturated carbocycles. The van der Waals surface area contributed by atoms with E-state index in [0.29, 0.717) is 6.54 Å². The van der Waals surface area contributed by atoms with Crippen LogP contribution in [0.15, 0.2) is 28.7 Å². The lowest BCUT2D eigenvalue weighted by molar-refractivity contribution is -0.121. The third-order valence-corrected chi connectivity index (χ3v) is 2.90. The average Bonchev–Trinajstić information content (AvgIpc) is 2.20. The molecule has 0 radical (unpaired) electrons. The highest BCUT2D eigenvalue weighted by atomic mass is 79.9. The lowest BCUT2D eigenvalue weighted by atomic mass is 9.95. The third kappa shape index (κ3) is 6.38. The molecule has 0 heterocycles. The summed E-state index contributed by atoms with van der Waals surface area (Å²) in [4.78, 5) is 11.5. The van der Waals surface area contributed by atoms with Crippen molar-refractivity contribution in [2.45, 2.75) is 25.8 Å². The first-order valence-corrected chi connectivity index (χ1v) is 6.42. The van der Waals surface area contributed by atoms with Gasteiger partial charge < -0.3 is 10.6 Å². The number of hydrogen-bond donors (Lipinski definition) is 2. The number of rotatable bonds is 5. The lowest BCUT2D eigenvalue weighted by Gasteiger charge is -2.26. The molecule has 18 heavy (non-hydrogen) atoms. The molecule has 0 aliphatic heterocycles. The molecule has 0 aliphatic rings. The van der Waals surface area contributed by atoms with Crippen molar-refractivity contribution in [3.63, 3.8) is 0 Å². The van der Waals surface area contributed by atoms with Gasteiger partial charge in [-0.05, 0) is 45.0 Å². The fourth-order valence-corrected chi connectivity index (χ4v) is 2.00. The Bertz CT molecular complexity index is 379. The Kier molecular flexibility index (Phi) is 7.52. The zero-order chi connectivity index (χ0) is 12.9. The van der Waals surface area contributed by atoms with Crippen LogP contribution in [0.3, 0.4) is 0 Å². The van der Waals surface area contributed by atoms with Gasteiger partial charge in [0.1, 0.15) is 0 Å². The lowest BCUT2D eigenvalue weighted by Crippen LogP contribution is -2.47. The Morgan fingerprint density at radius 2 is 1.83 bits per heavy atom. The van der Waals surface area contributed by atoms with Gasteiger partial charge in [-0.25, -0.2) is 0 Å². The van der Waals surface area contributed by atoms with Crippen molar-refractivity contribution in [1.29, 1.82) is 0 Å². The summed E-state index contributed by atoms with van der Waals surface area (Å²) in [6.07, 6.45) is 0.815. The van der Waals surface area contributed by atoms with Crippen molar-refractivity contribution >= 4 is 34.2 Å². The summed E-state index contributed by atoms with van der Waals surface area (Å²) in [5, 5.41) is 5.85. The third-order valence-electron chi connectivity index (χ3n) is 2.37. The standard InChI is InChI=1S/C13H19BrN2O.ClH/c1-13(2,16-12(17)9-15-3)8-10-4-6-11(14)7-5-10;/h4-7,15H,8-9H2,1-3H3,(H,16,17);1H. The Labute approximate surface area is 123 Å². The number of likely N-dealkylation sites (N-methyl/N-ethyl adjacent to an activating group) is 1. The van der Waals surface area contributed by atoms with Crippen LogP contribution in [0.25, 0.3) is 0 Å². The number of carbonyl (C=O) groups excluding carboxylic acids is 1. The van der Waals surface area contributed by atoms with E-state index in [1.54, 1.807) is 7.05 Å². The molecule has 0 aliphatic carbocycles. The van der Waals surface area contributed by atoms with Crippen LogP contribution in [0, 0.1) is 0 Å². The molecule has 0 bridgehead atoms. The van der Waals surface area contributed by atoms with Crippen molar-refractivity contribution < 1.29 is 4.79 Å². The monoisotopic (exact) mass is 334 g/mol. The topological polar surface area (TPSA) is 41.1 Å². The largest absolute Gasteiger partial charge is 0.350 e. The van der Waals surface area contributed by atoms with Gasteiger partial charge in [-0.2, -0.15) is 0 Å². The van der Waals surface area contributed by atoms with E-state index in [1.165, 1.54) is 5.56 Å². The van der Waals surface area contributed by atoms with Gasteiger partial charge in [0.2, 0.25) is 5.91 Å². The number of nitrogens with one attached hydrogen (secondary N) is 2. The van der Waals surface area contributed by atoms with Crippen molar-refractivity contribution in [1.82, 2.24) is 10.6 Å². The van der Waals surface area contributed by atoms with Gasteiger partial charge in [-0.15, -0.1) is 12.4 Å². The number of benzene rings is 1. The molecule has 1 rings (SSSR count). The maximum Gasteiger partial charge on any atom is 0.234 e. The summed E-state index contributed by atoms with van der Waals surface area (Å²) in [7, 11) is 1.77. The molecule has 0 atom stereocenters.